The fraction of sp³-hybridized carbons (Fsp3) is 0.280. The van der Waals surface area contributed by atoms with Gasteiger partial charge in [-0.3, -0.25) is 0 Å². The van der Waals surface area contributed by atoms with E-state index in [4.69, 9.17) is 4.98 Å². The van der Waals surface area contributed by atoms with Crippen molar-refractivity contribution in [1.82, 2.24) is 15.0 Å². The van der Waals surface area contributed by atoms with Gasteiger partial charge in [0.1, 0.15) is 11.5 Å². The minimum absolute atomic E-state index is 0. The number of hydrogen-bond donors (Lipinski definition) is 2. The highest BCUT2D eigenvalue weighted by atomic mass is 35.5. The van der Waals surface area contributed by atoms with Crippen molar-refractivity contribution in [3.8, 4) is 22.6 Å². The molecule has 3 aliphatic heterocycles. The van der Waals surface area contributed by atoms with Gasteiger partial charge in [-0.05, 0) is 43.5 Å². The molecule has 0 atom stereocenters. The molecule has 1 saturated heterocycles. The molecule has 0 radical (unpaired) electrons. The van der Waals surface area contributed by atoms with Crippen LogP contribution in [0.1, 0.15) is 29.8 Å². The van der Waals surface area contributed by atoms with E-state index < -0.39 is 17.3 Å². The van der Waals surface area contributed by atoms with Crippen molar-refractivity contribution in [2.75, 3.05) is 18.0 Å². The molecule has 2 aromatic rings. The Hall–Kier alpha value is -3.14. The van der Waals surface area contributed by atoms with E-state index in [9.17, 15) is 18.3 Å². The van der Waals surface area contributed by atoms with Gasteiger partial charge in [-0.25, -0.2) is 9.97 Å². The average Bonchev–Trinajstić information content (AvgIpc) is 3.23. The first kappa shape index (κ1) is 26.5. The molecule has 0 amide bonds. The first-order valence-corrected chi connectivity index (χ1v) is 10.8. The average molecular weight is 507 g/mol. The van der Waals surface area contributed by atoms with Crippen LogP contribution in [0.2, 0.25) is 0 Å². The largest absolute Gasteiger partial charge is 0.416 e. The molecule has 186 valence electrons. The molecule has 4 N–H and O–H groups in total. The smallest absolute Gasteiger partial charge is 0.412 e. The summed E-state index contributed by atoms with van der Waals surface area (Å²) in [6, 6.07) is 16.9. The number of nitrogens with one attached hydrogen (secondary N) is 1. The van der Waals surface area contributed by atoms with Gasteiger partial charge in [0.2, 0.25) is 0 Å². The Morgan fingerprint density at radius 3 is 2.31 bits per heavy atom. The van der Waals surface area contributed by atoms with E-state index >= 15 is 0 Å². The highest BCUT2D eigenvalue weighted by Crippen LogP contribution is 2.40. The summed E-state index contributed by atoms with van der Waals surface area (Å²) in [6.45, 7) is 2.78. The second-order valence-corrected chi connectivity index (χ2v) is 8.51. The number of nitrogens with zero attached hydrogens (tertiary/aromatic N) is 3. The molecular formula is C25H26ClF3N4O2. The monoisotopic (exact) mass is 506 g/mol. The number of hydrogen-bond acceptors (Lipinski definition) is 4. The number of benzene rings is 2. The molecule has 10 heteroatoms. The molecule has 5 rings (SSSR count). The summed E-state index contributed by atoms with van der Waals surface area (Å²) in [7, 11) is 0. The summed E-state index contributed by atoms with van der Waals surface area (Å²) in [6.07, 6.45) is -3.86. The summed E-state index contributed by atoms with van der Waals surface area (Å²) < 4.78 is 39.4. The number of alkyl halides is 3. The van der Waals surface area contributed by atoms with Crippen LogP contribution in [-0.4, -0.2) is 38.6 Å². The van der Waals surface area contributed by atoms with Crippen LogP contribution in [0.4, 0.5) is 19.0 Å². The van der Waals surface area contributed by atoms with E-state index in [0.717, 1.165) is 46.4 Å². The zero-order valence-corrected chi connectivity index (χ0v) is 19.7. The normalized spacial score (nSPS) is 15.4. The van der Waals surface area contributed by atoms with Crippen molar-refractivity contribution in [3.63, 3.8) is 0 Å². The molecule has 2 aromatic carbocycles. The topological polar surface area (TPSA) is 96.5 Å². The number of piperidine rings is 1. The molecule has 0 bridgehead atoms. The number of aliphatic hydroxyl groups is 1. The summed E-state index contributed by atoms with van der Waals surface area (Å²) in [4.78, 5) is 14.8. The van der Waals surface area contributed by atoms with Crippen molar-refractivity contribution >= 4 is 18.2 Å². The molecule has 3 heterocycles. The molecule has 0 aromatic heterocycles. The summed E-state index contributed by atoms with van der Waals surface area (Å²) in [5.74, 6) is 1.46. The fourth-order valence-electron chi connectivity index (χ4n) is 4.46. The Bertz CT molecular complexity index is 1260. The van der Waals surface area contributed by atoms with Crippen LogP contribution in [0.25, 0.3) is 22.6 Å². The van der Waals surface area contributed by atoms with Crippen LogP contribution >= 0.6 is 12.4 Å². The standard InChI is InChI=1S/C25H23F3N4O.ClH.H2O/c1-16-29-21-15-20(17-6-3-2-4-7-17)31-22(21)23(30-16)32-12-10-24(33,11-13-32)18-8-5-9-19(14-18)25(26,27)28;;/h2-9,14-15,33H,10-13H2,1H3,(H,29,30);1H;1H2. The van der Waals surface area contributed by atoms with Gasteiger partial charge in [-0.2, -0.15) is 13.2 Å². The minimum atomic E-state index is -4.44. The van der Waals surface area contributed by atoms with E-state index in [2.05, 4.69) is 9.97 Å². The second-order valence-electron chi connectivity index (χ2n) is 8.51. The Kier molecular flexibility index (Phi) is 7.45. The Balaban J connectivity index is 0.00000171. The van der Waals surface area contributed by atoms with Crippen LogP contribution < -0.4 is 4.90 Å². The predicted molar refractivity (Wildman–Crippen MR) is 131 cm³/mol. The van der Waals surface area contributed by atoms with Gasteiger partial charge in [0, 0.05) is 18.7 Å². The zero-order chi connectivity index (χ0) is 23.2. The number of anilines is 1. The van der Waals surface area contributed by atoms with Gasteiger partial charge in [-0.1, -0.05) is 42.5 Å². The summed E-state index contributed by atoms with van der Waals surface area (Å²) in [5.41, 5.74) is 1.69. The molecule has 0 saturated carbocycles. The van der Waals surface area contributed by atoms with Crippen LogP contribution in [-0.2, 0) is 11.8 Å². The Labute approximate surface area is 206 Å². The van der Waals surface area contributed by atoms with Crippen molar-refractivity contribution in [3.05, 3.63) is 77.6 Å². The third-order valence-corrected chi connectivity index (χ3v) is 6.26. The maximum Gasteiger partial charge on any atom is 0.416 e. The maximum atomic E-state index is 13.1. The highest BCUT2D eigenvalue weighted by Gasteiger charge is 2.38. The number of aromatic nitrogens is 3. The maximum absolute atomic E-state index is 13.1. The van der Waals surface area contributed by atoms with Gasteiger partial charge in [0.15, 0.2) is 5.82 Å². The van der Waals surface area contributed by atoms with Crippen LogP contribution in [0, 0.1) is 6.92 Å². The van der Waals surface area contributed by atoms with Gasteiger partial charge in [0.05, 0.1) is 22.6 Å². The molecule has 0 spiro atoms. The molecule has 0 unspecified atom stereocenters. The lowest BCUT2D eigenvalue weighted by Crippen LogP contribution is -2.43. The molecule has 35 heavy (non-hydrogen) atoms. The minimum Gasteiger partial charge on any atom is -0.412 e. The number of halogens is 4. The lowest BCUT2D eigenvalue weighted by atomic mass is 9.83. The van der Waals surface area contributed by atoms with E-state index in [1.54, 1.807) is 6.07 Å². The molecule has 0 aliphatic carbocycles. The lowest BCUT2D eigenvalue weighted by Gasteiger charge is -2.39. The van der Waals surface area contributed by atoms with E-state index in [1.165, 1.54) is 6.07 Å². The zero-order valence-electron chi connectivity index (χ0n) is 18.9. The van der Waals surface area contributed by atoms with Crippen molar-refractivity contribution < 1.29 is 23.8 Å². The van der Waals surface area contributed by atoms with Gasteiger partial charge < -0.3 is 20.5 Å². The summed E-state index contributed by atoms with van der Waals surface area (Å²) >= 11 is 0. The number of H-pyrrole nitrogens is 1. The second kappa shape index (κ2) is 9.85. The number of aromatic amines is 1. The first-order valence-electron chi connectivity index (χ1n) is 10.8. The van der Waals surface area contributed by atoms with Crippen molar-refractivity contribution in [2.45, 2.75) is 31.5 Å². The van der Waals surface area contributed by atoms with E-state index in [1.807, 2.05) is 48.2 Å². The molecule has 6 nitrogen and oxygen atoms in total. The van der Waals surface area contributed by atoms with Crippen LogP contribution in [0.5, 0.6) is 0 Å². The molecule has 3 aliphatic rings. The molecular weight excluding hydrogens is 481 g/mol. The molecule has 1 fully saturated rings. The van der Waals surface area contributed by atoms with Gasteiger partial charge >= 0.3 is 6.18 Å². The third kappa shape index (κ3) is 5.12. The van der Waals surface area contributed by atoms with Crippen LogP contribution in [0.3, 0.4) is 0 Å². The Morgan fingerprint density at radius 2 is 1.66 bits per heavy atom. The van der Waals surface area contributed by atoms with Gasteiger partial charge in [0.25, 0.3) is 0 Å². The predicted octanol–water partition coefficient (Wildman–Crippen LogP) is 4.99. The highest BCUT2D eigenvalue weighted by molar-refractivity contribution is 5.85. The Morgan fingerprint density at radius 1 is 0.971 bits per heavy atom. The van der Waals surface area contributed by atoms with Crippen LogP contribution in [0.15, 0.2) is 60.7 Å². The summed E-state index contributed by atoms with van der Waals surface area (Å²) in [5, 5.41) is 11.2. The lowest BCUT2D eigenvalue weighted by molar-refractivity contribution is -0.137. The number of aryl methyl sites for hydroxylation is 1. The number of fused-ring (bicyclic) bond motifs is 1. The third-order valence-electron chi connectivity index (χ3n) is 6.26. The van der Waals surface area contributed by atoms with Crippen molar-refractivity contribution in [1.29, 1.82) is 0 Å². The van der Waals surface area contributed by atoms with E-state index in [0.29, 0.717) is 31.5 Å². The quantitative estimate of drug-likeness (QED) is 0.409. The van der Waals surface area contributed by atoms with E-state index in [-0.39, 0.29) is 17.9 Å². The van der Waals surface area contributed by atoms with Crippen molar-refractivity contribution in [2.24, 2.45) is 0 Å². The number of rotatable bonds is 3. The van der Waals surface area contributed by atoms with Gasteiger partial charge in [-0.15, -0.1) is 12.4 Å². The first-order chi connectivity index (χ1) is 15.7. The fourth-order valence-corrected chi connectivity index (χ4v) is 4.46. The SMILES string of the molecule is Cc1nc(N2CCC(O)(c3cccc(C(F)(F)F)c3)CC2)c2nc(-c3ccccc3)cc-2[nH]1.Cl.O.